The van der Waals surface area contributed by atoms with Crippen molar-refractivity contribution in [3.63, 3.8) is 0 Å². The van der Waals surface area contributed by atoms with Gasteiger partial charge in [0.15, 0.2) is 40.4 Å². The normalized spacial score (nSPS) is 11.7. The van der Waals surface area contributed by atoms with Crippen molar-refractivity contribution >= 4 is 52.3 Å². The molecule has 5 rings (SSSR count). The average molecular weight is 731 g/mol. The van der Waals surface area contributed by atoms with Gasteiger partial charge in [-0.1, -0.05) is 26.7 Å². The molecule has 0 aliphatic rings. The van der Waals surface area contributed by atoms with Gasteiger partial charge in [-0.2, -0.15) is 44.7 Å². The van der Waals surface area contributed by atoms with Crippen molar-refractivity contribution in [1.82, 2.24) is 54.1 Å². The van der Waals surface area contributed by atoms with Crippen LogP contribution in [0.2, 0.25) is 0 Å². The molecule has 0 unspecified atom stereocenters. The first-order valence-electron chi connectivity index (χ1n) is 16.7. The molecule has 53 heavy (non-hydrogen) atoms. The van der Waals surface area contributed by atoms with Crippen LogP contribution in [0.3, 0.4) is 0 Å². The van der Waals surface area contributed by atoms with Crippen LogP contribution in [0.25, 0.3) is 11.9 Å². The van der Waals surface area contributed by atoms with E-state index in [0.717, 1.165) is 25.7 Å². The number of methoxy groups -OCH3 is 1. The lowest BCUT2D eigenvalue weighted by molar-refractivity contribution is 0.0601. The number of ketones is 1. The number of nitrogens with two attached hydrogens (primary N) is 2. The summed E-state index contributed by atoms with van der Waals surface area (Å²) >= 11 is 0. The average Bonchev–Trinajstić information content (AvgIpc) is 3.89. The molecule has 0 bridgehead atoms. The molecule has 0 atom stereocenters. The van der Waals surface area contributed by atoms with E-state index < -0.39 is 18.4 Å². The minimum Gasteiger partial charge on any atom is -0.465 e. The van der Waals surface area contributed by atoms with Crippen LogP contribution in [0.4, 0.5) is 40.6 Å². The summed E-state index contributed by atoms with van der Waals surface area (Å²) < 4.78 is 10.3. The van der Waals surface area contributed by atoms with Crippen LogP contribution in [-0.4, -0.2) is 98.7 Å². The van der Waals surface area contributed by atoms with Crippen LogP contribution in [0.5, 0.6) is 0 Å². The number of anilines is 3. The van der Waals surface area contributed by atoms with E-state index in [1.807, 2.05) is 13.8 Å². The molecule has 0 saturated heterocycles. The molecular weight excluding hydrogens is 688 g/mol. The third-order valence-corrected chi connectivity index (χ3v) is 8.00. The lowest BCUT2D eigenvalue weighted by atomic mass is 10.2. The number of aromatic nitrogens is 11. The summed E-state index contributed by atoms with van der Waals surface area (Å²) in [7, 11) is 8.00. The summed E-state index contributed by atoms with van der Waals surface area (Å²) in [5, 5.41) is 44.5. The summed E-state index contributed by atoms with van der Waals surface area (Å²) in [6.45, 7) is 3.37. The van der Waals surface area contributed by atoms with E-state index in [9.17, 15) is 14.7 Å². The van der Waals surface area contributed by atoms with E-state index in [0.29, 0.717) is 24.2 Å². The Morgan fingerprint density at radius 1 is 0.792 bits per heavy atom. The molecule has 0 saturated carbocycles. The Morgan fingerprint density at radius 3 is 1.70 bits per heavy atom. The molecule has 5 aromatic rings. The molecule has 5 heterocycles. The number of unbranched alkanes of at least 4 members (excludes halogenated alkanes) is 2. The summed E-state index contributed by atoms with van der Waals surface area (Å²) in [5.74, 6) is -0.383. The van der Waals surface area contributed by atoms with Gasteiger partial charge in [-0.3, -0.25) is 4.79 Å². The van der Waals surface area contributed by atoms with Crippen LogP contribution in [0, 0.1) is 0 Å². The Kier molecular flexibility index (Phi) is 11.6. The number of aliphatic hydroxyl groups excluding tert-OH is 1. The number of Topliss-reactive ketones (excluding diaryl/α,β-unsaturated/α-hetero) is 1. The Labute approximate surface area is 303 Å². The molecule has 5 aromatic heterocycles. The minimum absolute atomic E-state index is 0.0397. The van der Waals surface area contributed by atoms with Gasteiger partial charge in [0.2, 0.25) is 5.95 Å². The number of aryl methyl sites for hydroxylation is 4. The van der Waals surface area contributed by atoms with E-state index in [-0.39, 0.29) is 63.6 Å². The minimum atomic E-state index is -0.710. The second-order valence-electron chi connectivity index (χ2n) is 12.0. The number of hydrogen-bond acceptors (Lipinski definition) is 18. The Balaban J connectivity index is 1.63. The first kappa shape index (κ1) is 37.8. The largest absolute Gasteiger partial charge is 0.465 e. The van der Waals surface area contributed by atoms with Crippen LogP contribution in [-0.2, 0) is 31.7 Å². The Hall–Kier alpha value is -6.45. The van der Waals surface area contributed by atoms with Gasteiger partial charge >= 0.3 is 5.97 Å². The van der Waals surface area contributed by atoms with Crippen molar-refractivity contribution in [1.29, 1.82) is 0 Å². The molecule has 280 valence electrons. The standard InChI is InChI=1S/C31H42N18O4/c1-8-10-12-19-22(39-41-26-17(21(51)16-50)14-34-46(26)5)24(32)48(43-19)30-36-29(45(3)4)37-31(38-30)49-25(33)23(20(44-49)13-11-9-2)40-42-27-18(28(52)53-7)15-35-47(27)6/h14-15,50H,8-13,16,32-33H2,1-7H3. The van der Waals surface area contributed by atoms with Gasteiger partial charge in [0, 0.05) is 28.2 Å². The van der Waals surface area contributed by atoms with E-state index in [1.165, 1.54) is 38.2 Å². The van der Waals surface area contributed by atoms with Crippen LogP contribution >= 0.6 is 0 Å². The highest BCUT2D eigenvalue weighted by Gasteiger charge is 2.25. The van der Waals surface area contributed by atoms with Crippen LogP contribution in [0.15, 0.2) is 32.9 Å². The predicted octanol–water partition coefficient (Wildman–Crippen LogP) is 3.42. The van der Waals surface area contributed by atoms with Crippen LogP contribution in [0.1, 0.15) is 71.6 Å². The molecule has 0 aliphatic heterocycles. The number of carbonyl (C=O) groups is 2. The summed E-state index contributed by atoms with van der Waals surface area (Å²) in [4.78, 5) is 40.2. The number of azo groups is 2. The maximum Gasteiger partial charge on any atom is 0.343 e. The van der Waals surface area contributed by atoms with Gasteiger partial charge in [-0.15, -0.1) is 20.5 Å². The summed E-state index contributed by atoms with van der Waals surface area (Å²) in [5.41, 5.74) is 15.1. The highest BCUT2D eigenvalue weighted by Crippen LogP contribution is 2.35. The summed E-state index contributed by atoms with van der Waals surface area (Å²) in [6, 6.07) is 0. The number of aliphatic hydroxyl groups is 1. The Morgan fingerprint density at radius 2 is 1.26 bits per heavy atom. The monoisotopic (exact) mass is 730 g/mol. The maximum absolute atomic E-state index is 12.3. The summed E-state index contributed by atoms with van der Waals surface area (Å²) in [6.07, 6.45) is 6.96. The predicted molar refractivity (Wildman–Crippen MR) is 192 cm³/mol. The second-order valence-corrected chi connectivity index (χ2v) is 12.0. The highest BCUT2D eigenvalue weighted by atomic mass is 16.5. The zero-order valence-corrected chi connectivity index (χ0v) is 30.6. The molecule has 5 N–H and O–H groups in total. The number of nitrogen functional groups attached to an aromatic ring is 2. The van der Waals surface area contributed by atoms with Gasteiger partial charge in [0.25, 0.3) is 11.9 Å². The van der Waals surface area contributed by atoms with Crippen molar-refractivity contribution in [3.05, 3.63) is 34.9 Å². The van der Waals surface area contributed by atoms with Crippen molar-refractivity contribution in [3.8, 4) is 11.9 Å². The first-order valence-corrected chi connectivity index (χ1v) is 16.7. The maximum atomic E-state index is 12.3. The molecule has 0 radical (unpaired) electrons. The van der Waals surface area contributed by atoms with E-state index in [2.05, 4.69) is 45.6 Å². The van der Waals surface area contributed by atoms with Gasteiger partial charge in [0.05, 0.1) is 36.5 Å². The Bertz CT molecular complexity index is 2030. The van der Waals surface area contributed by atoms with Gasteiger partial charge in [0.1, 0.15) is 12.2 Å². The topological polar surface area (TPSA) is 278 Å². The molecule has 0 amide bonds. The van der Waals surface area contributed by atoms with Crippen molar-refractivity contribution in [2.75, 3.05) is 44.2 Å². The molecular formula is C31H42N18O4. The first-order chi connectivity index (χ1) is 25.4. The van der Waals surface area contributed by atoms with Crippen molar-refractivity contribution in [2.24, 2.45) is 34.6 Å². The lowest BCUT2D eigenvalue weighted by Crippen LogP contribution is -2.19. The number of esters is 1. The molecule has 0 fully saturated rings. The lowest BCUT2D eigenvalue weighted by Gasteiger charge is -2.13. The van der Waals surface area contributed by atoms with E-state index in [1.54, 1.807) is 33.1 Å². The van der Waals surface area contributed by atoms with Crippen molar-refractivity contribution in [2.45, 2.75) is 52.4 Å². The van der Waals surface area contributed by atoms with Crippen LogP contribution < -0.4 is 16.4 Å². The molecule has 0 aromatic carbocycles. The van der Waals surface area contributed by atoms with E-state index >= 15 is 0 Å². The fourth-order valence-corrected chi connectivity index (χ4v) is 5.05. The van der Waals surface area contributed by atoms with E-state index in [4.69, 9.17) is 26.4 Å². The molecule has 22 heteroatoms. The number of nitrogens with zero attached hydrogens (tertiary/aromatic N) is 16. The van der Waals surface area contributed by atoms with Gasteiger partial charge in [-0.05, 0) is 25.7 Å². The quantitative estimate of drug-likeness (QED) is 0.0745. The highest BCUT2D eigenvalue weighted by molar-refractivity contribution is 6.00. The number of hydrogen-bond donors (Lipinski definition) is 3. The number of carbonyl (C=O) groups excluding carboxylic acids is 2. The van der Waals surface area contributed by atoms with Gasteiger partial charge in [-0.25, -0.2) is 14.2 Å². The number of ether oxygens (including phenoxy) is 1. The molecule has 22 nitrogen and oxygen atoms in total. The zero-order valence-electron chi connectivity index (χ0n) is 30.6. The number of rotatable bonds is 16. The molecule has 0 aliphatic carbocycles. The third-order valence-electron chi connectivity index (χ3n) is 8.00. The molecule has 0 spiro atoms. The SMILES string of the molecule is CCCCc1nn(-c2nc(N(C)C)nc(-n3nc(CCCC)c(N=Nc4c(C(=O)OC)cnn4C)c3N)n2)c(N)c1N=Nc1c(C(=O)CO)cnn1C. The third kappa shape index (κ3) is 7.75. The smallest absolute Gasteiger partial charge is 0.343 e. The fraction of sp³-hybridized carbons (Fsp3) is 0.452. The van der Waals surface area contributed by atoms with Crippen molar-refractivity contribution < 1.29 is 19.4 Å². The van der Waals surface area contributed by atoms with Gasteiger partial charge < -0.3 is 26.2 Å². The fourth-order valence-electron chi connectivity index (χ4n) is 5.05. The zero-order chi connectivity index (χ0) is 38.4. The second kappa shape index (κ2) is 16.3.